The highest BCUT2D eigenvalue weighted by molar-refractivity contribution is 6.62. The lowest BCUT2D eigenvalue weighted by atomic mass is 9.78. The molecule has 1 aromatic carbocycles. The molecule has 0 atom stereocenters. The molecule has 5 heteroatoms. The summed E-state index contributed by atoms with van der Waals surface area (Å²) in [7, 11) is -0.361. The van der Waals surface area contributed by atoms with Crippen molar-refractivity contribution in [2.75, 3.05) is 0 Å². The number of hydrogen-bond acceptors (Lipinski definition) is 3. The third-order valence-corrected chi connectivity index (χ3v) is 5.06. The van der Waals surface area contributed by atoms with Crippen LogP contribution in [0.1, 0.15) is 46.6 Å². The fraction of sp³-hybridized carbons (Fsp3) is 0.500. The molecule has 1 N–H and O–H groups in total. The van der Waals surface area contributed by atoms with E-state index in [0.29, 0.717) is 6.42 Å². The highest BCUT2D eigenvalue weighted by Crippen LogP contribution is 2.36. The van der Waals surface area contributed by atoms with Crippen LogP contribution in [0.4, 0.5) is 0 Å². The lowest BCUT2D eigenvalue weighted by molar-refractivity contribution is -0.116. The van der Waals surface area contributed by atoms with Crippen molar-refractivity contribution >= 4 is 29.3 Å². The van der Waals surface area contributed by atoms with E-state index in [1.165, 1.54) is 0 Å². The van der Waals surface area contributed by atoms with Crippen molar-refractivity contribution in [2.24, 2.45) is 0 Å². The number of ketones is 1. The maximum atomic E-state index is 11.2. The summed E-state index contributed by atoms with van der Waals surface area (Å²) in [4.78, 5) is 14.5. The Bertz CT molecular complexity index is 732. The first-order chi connectivity index (χ1) is 10.7. The Balaban J connectivity index is 1.91. The molecule has 1 saturated heterocycles. The number of benzene rings is 1. The topological polar surface area (TPSA) is 51.3 Å². The van der Waals surface area contributed by atoms with Crippen LogP contribution in [-0.4, -0.2) is 29.1 Å². The zero-order valence-electron chi connectivity index (χ0n) is 14.5. The van der Waals surface area contributed by atoms with Gasteiger partial charge in [-0.2, -0.15) is 0 Å². The van der Waals surface area contributed by atoms with Crippen molar-refractivity contribution < 1.29 is 14.1 Å². The molecule has 1 aliphatic heterocycles. The molecular formula is C18H24BNO3. The Morgan fingerprint density at radius 1 is 1.17 bits per heavy atom. The predicted octanol–water partition coefficient (Wildman–Crippen LogP) is 2.99. The van der Waals surface area contributed by atoms with Gasteiger partial charge in [0.05, 0.1) is 11.2 Å². The number of aromatic amines is 1. The standard InChI is InChI=1S/C18H24BNO3/c1-12(21)6-7-13-11-20-16-9-8-14(10-15(13)16)19-22-17(2,3)18(4,5)23-19/h8-11,20H,6-7H2,1-5H3. The number of nitrogens with one attached hydrogen (secondary N) is 1. The summed E-state index contributed by atoms with van der Waals surface area (Å²) in [6, 6.07) is 6.20. The predicted molar refractivity (Wildman–Crippen MR) is 93.0 cm³/mol. The molecule has 0 unspecified atom stereocenters. The van der Waals surface area contributed by atoms with Gasteiger partial charge < -0.3 is 19.1 Å². The second-order valence-electron chi connectivity index (χ2n) is 7.41. The summed E-state index contributed by atoms with van der Waals surface area (Å²) in [5.74, 6) is 0.210. The average Bonchev–Trinajstić information content (AvgIpc) is 2.94. The first-order valence-electron chi connectivity index (χ1n) is 8.14. The second-order valence-corrected chi connectivity index (χ2v) is 7.41. The van der Waals surface area contributed by atoms with E-state index in [1.54, 1.807) is 6.92 Å². The van der Waals surface area contributed by atoms with E-state index in [9.17, 15) is 4.79 Å². The number of Topliss-reactive ketones (excluding diaryl/α,β-unsaturated/α-hetero) is 1. The van der Waals surface area contributed by atoms with Crippen LogP contribution >= 0.6 is 0 Å². The first kappa shape index (κ1) is 16.3. The molecule has 1 aromatic heterocycles. The number of carbonyl (C=O) groups is 1. The van der Waals surface area contributed by atoms with Crippen molar-refractivity contribution in [1.82, 2.24) is 4.98 Å². The average molecular weight is 313 g/mol. The van der Waals surface area contributed by atoms with Gasteiger partial charge in [0.15, 0.2) is 0 Å². The minimum absolute atomic E-state index is 0.210. The van der Waals surface area contributed by atoms with E-state index in [-0.39, 0.29) is 24.1 Å². The van der Waals surface area contributed by atoms with Crippen molar-refractivity contribution in [3.05, 3.63) is 30.0 Å². The Morgan fingerprint density at radius 2 is 1.83 bits per heavy atom. The van der Waals surface area contributed by atoms with Crippen molar-refractivity contribution in [3.8, 4) is 0 Å². The maximum Gasteiger partial charge on any atom is 0.494 e. The zero-order valence-corrected chi connectivity index (χ0v) is 14.5. The monoisotopic (exact) mass is 313 g/mol. The van der Waals surface area contributed by atoms with Gasteiger partial charge in [-0.05, 0) is 58.1 Å². The van der Waals surface area contributed by atoms with Gasteiger partial charge in [0.2, 0.25) is 0 Å². The largest absolute Gasteiger partial charge is 0.494 e. The molecule has 4 nitrogen and oxygen atoms in total. The molecule has 23 heavy (non-hydrogen) atoms. The summed E-state index contributed by atoms with van der Waals surface area (Å²) < 4.78 is 12.3. The Hall–Kier alpha value is -1.59. The molecule has 1 fully saturated rings. The van der Waals surface area contributed by atoms with Crippen LogP contribution in [0.5, 0.6) is 0 Å². The smallest absolute Gasteiger partial charge is 0.399 e. The molecule has 0 amide bonds. The minimum atomic E-state index is -0.361. The summed E-state index contributed by atoms with van der Waals surface area (Å²) in [5.41, 5.74) is 2.56. The van der Waals surface area contributed by atoms with Crippen LogP contribution in [0.2, 0.25) is 0 Å². The second kappa shape index (κ2) is 5.50. The summed E-state index contributed by atoms with van der Waals surface area (Å²) in [6.45, 7) is 9.85. The van der Waals surface area contributed by atoms with Crippen LogP contribution < -0.4 is 5.46 Å². The minimum Gasteiger partial charge on any atom is -0.399 e. The van der Waals surface area contributed by atoms with Gasteiger partial charge in [0.25, 0.3) is 0 Å². The normalized spacial score (nSPS) is 19.4. The van der Waals surface area contributed by atoms with Crippen molar-refractivity contribution in [2.45, 2.75) is 58.7 Å². The molecule has 122 valence electrons. The molecular weight excluding hydrogens is 289 g/mol. The number of H-pyrrole nitrogens is 1. The van der Waals surface area contributed by atoms with E-state index in [4.69, 9.17) is 9.31 Å². The third kappa shape index (κ3) is 2.95. The van der Waals surface area contributed by atoms with Crippen LogP contribution in [0.25, 0.3) is 10.9 Å². The van der Waals surface area contributed by atoms with Gasteiger partial charge in [-0.3, -0.25) is 0 Å². The molecule has 3 rings (SSSR count). The quantitative estimate of drug-likeness (QED) is 0.883. The van der Waals surface area contributed by atoms with Gasteiger partial charge in [0.1, 0.15) is 5.78 Å². The van der Waals surface area contributed by atoms with Gasteiger partial charge in [-0.25, -0.2) is 0 Å². The highest BCUT2D eigenvalue weighted by Gasteiger charge is 2.51. The van der Waals surface area contributed by atoms with Crippen molar-refractivity contribution in [1.29, 1.82) is 0 Å². The Labute approximate surface area is 137 Å². The molecule has 0 aliphatic carbocycles. The number of carbonyl (C=O) groups excluding carboxylic acids is 1. The van der Waals surface area contributed by atoms with Crippen LogP contribution in [-0.2, 0) is 20.5 Å². The summed E-state index contributed by atoms with van der Waals surface area (Å²) in [6.07, 6.45) is 3.30. The lowest BCUT2D eigenvalue weighted by Gasteiger charge is -2.32. The van der Waals surface area contributed by atoms with Crippen LogP contribution in [0, 0.1) is 0 Å². The summed E-state index contributed by atoms with van der Waals surface area (Å²) in [5, 5.41) is 1.14. The Kier molecular flexibility index (Phi) is 3.89. The fourth-order valence-electron chi connectivity index (χ4n) is 2.84. The molecule has 0 saturated carbocycles. The number of rotatable bonds is 4. The van der Waals surface area contributed by atoms with Gasteiger partial charge in [-0.15, -0.1) is 0 Å². The highest BCUT2D eigenvalue weighted by atomic mass is 16.7. The van der Waals surface area contributed by atoms with E-state index in [0.717, 1.165) is 28.4 Å². The van der Waals surface area contributed by atoms with Gasteiger partial charge in [0, 0.05) is 23.5 Å². The van der Waals surface area contributed by atoms with Crippen LogP contribution in [0.3, 0.4) is 0 Å². The molecule has 0 radical (unpaired) electrons. The molecule has 2 heterocycles. The maximum absolute atomic E-state index is 11.2. The fourth-order valence-corrected chi connectivity index (χ4v) is 2.84. The van der Waals surface area contributed by atoms with E-state index in [2.05, 4.69) is 38.7 Å². The number of hydrogen-bond donors (Lipinski definition) is 1. The van der Waals surface area contributed by atoms with Gasteiger partial charge in [-0.1, -0.05) is 12.1 Å². The number of aromatic nitrogens is 1. The first-order valence-corrected chi connectivity index (χ1v) is 8.14. The molecule has 1 aliphatic rings. The SMILES string of the molecule is CC(=O)CCc1c[nH]c2ccc(B3OC(C)(C)C(C)(C)O3)cc12. The summed E-state index contributed by atoms with van der Waals surface area (Å²) >= 11 is 0. The van der Waals surface area contributed by atoms with E-state index >= 15 is 0 Å². The number of fused-ring (bicyclic) bond motifs is 1. The van der Waals surface area contributed by atoms with E-state index < -0.39 is 0 Å². The molecule has 0 spiro atoms. The third-order valence-electron chi connectivity index (χ3n) is 5.06. The van der Waals surface area contributed by atoms with Gasteiger partial charge >= 0.3 is 7.12 Å². The van der Waals surface area contributed by atoms with E-state index in [1.807, 2.05) is 18.3 Å². The lowest BCUT2D eigenvalue weighted by Crippen LogP contribution is -2.41. The Morgan fingerprint density at radius 3 is 2.43 bits per heavy atom. The molecule has 0 bridgehead atoms. The van der Waals surface area contributed by atoms with Crippen LogP contribution in [0.15, 0.2) is 24.4 Å². The number of aryl methyl sites for hydroxylation is 1. The zero-order chi connectivity index (χ0) is 16.8. The van der Waals surface area contributed by atoms with Crippen molar-refractivity contribution in [3.63, 3.8) is 0 Å². The molecule has 2 aromatic rings.